The summed E-state index contributed by atoms with van der Waals surface area (Å²) in [4.78, 5) is 11.5. The minimum Gasteiger partial charge on any atom is -0.358 e. The first kappa shape index (κ1) is 21.3. The third kappa shape index (κ3) is 4.70. The Balaban J connectivity index is 1.37. The van der Waals surface area contributed by atoms with E-state index in [0.29, 0.717) is 23.1 Å². The zero-order valence-corrected chi connectivity index (χ0v) is 17.3. The molecule has 0 unspecified atom stereocenters. The zero-order chi connectivity index (χ0) is 22.2. The Morgan fingerprint density at radius 2 is 1.94 bits per heavy atom. The fraction of sp³-hybridized carbons (Fsp3) is 0.286. The third-order valence-corrected chi connectivity index (χ3v) is 6.23. The maximum Gasteiger partial charge on any atom is 0.416 e. The van der Waals surface area contributed by atoms with Crippen LogP contribution in [-0.4, -0.2) is 28.7 Å². The number of nitrogens with one attached hydrogen (secondary N) is 2. The van der Waals surface area contributed by atoms with Gasteiger partial charge in [-0.05, 0) is 47.4 Å². The van der Waals surface area contributed by atoms with Crippen molar-refractivity contribution < 1.29 is 18.0 Å². The van der Waals surface area contributed by atoms with Crippen LogP contribution in [0, 0.1) is 0 Å². The normalized spacial score (nSPS) is 15.3. The van der Waals surface area contributed by atoms with Crippen molar-refractivity contribution in [3.63, 3.8) is 0 Å². The standard InChI is InChI=1S/C21H20F3N5OS/c1-11(12-2-5-15(6-3-12)21(22,23)24)16(25)10-26-20-29-28-19(31-20)13-4-7-17-14(8-13)9-18(30)27-17/h2-8,11,16H,9-10,25H2,1H3,(H,26,29)(H,27,30)/t11-,16+/m0/s1. The van der Waals surface area contributed by atoms with E-state index in [1.165, 1.54) is 23.5 Å². The molecule has 0 radical (unpaired) electrons. The first-order valence-corrected chi connectivity index (χ1v) is 10.5. The summed E-state index contributed by atoms with van der Waals surface area (Å²) in [5, 5.41) is 15.6. The lowest BCUT2D eigenvalue weighted by Crippen LogP contribution is -2.34. The van der Waals surface area contributed by atoms with Crippen LogP contribution in [0.5, 0.6) is 0 Å². The molecule has 0 fully saturated rings. The van der Waals surface area contributed by atoms with Gasteiger partial charge in [0.2, 0.25) is 11.0 Å². The number of amides is 1. The molecule has 0 aliphatic carbocycles. The van der Waals surface area contributed by atoms with Gasteiger partial charge in [0.25, 0.3) is 0 Å². The second kappa shape index (κ2) is 8.27. The minimum atomic E-state index is -4.36. The highest BCUT2D eigenvalue weighted by Crippen LogP contribution is 2.33. The first-order chi connectivity index (χ1) is 14.7. The van der Waals surface area contributed by atoms with Crippen LogP contribution in [0.25, 0.3) is 10.6 Å². The molecule has 4 rings (SSSR count). The number of nitrogens with two attached hydrogens (primary N) is 1. The fourth-order valence-corrected chi connectivity index (χ4v) is 4.13. The minimum absolute atomic E-state index is 0.0251. The smallest absolute Gasteiger partial charge is 0.358 e. The molecule has 3 aromatic rings. The van der Waals surface area contributed by atoms with Crippen LogP contribution in [0.3, 0.4) is 0 Å². The molecule has 6 nitrogen and oxygen atoms in total. The largest absolute Gasteiger partial charge is 0.416 e. The van der Waals surface area contributed by atoms with Crippen LogP contribution in [0.2, 0.25) is 0 Å². The molecule has 1 aromatic heterocycles. The van der Waals surface area contributed by atoms with Crippen molar-refractivity contribution >= 4 is 28.1 Å². The summed E-state index contributed by atoms with van der Waals surface area (Å²) >= 11 is 1.37. The Bertz CT molecular complexity index is 1100. The van der Waals surface area contributed by atoms with Gasteiger partial charge in [-0.2, -0.15) is 13.2 Å². The Morgan fingerprint density at radius 1 is 1.19 bits per heavy atom. The van der Waals surface area contributed by atoms with E-state index in [2.05, 4.69) is 20.8 Å². The van der Waals surface area contributed by atoms with Crippen molar-refractivity contribution in [2.75, 3.05) is 17.2 Å². The summed E-state index contributed by atoms with van der Waals surface area (Å²) in [6, 6.07) is 10.4. The van der Waals surface area contributed by atoms with E-state index in [9.17, 15) is 18.0 Å². The van der Waals surface area contributed by atoms with Gasteiger partial charge >= 0.3 is 6.18 Å². The van der Waals surface area contributed by atoms with E-state index in [4.69, 9.17) is 5.73 Å². The van der Waals surface area contributed by atoms with Crippen molar-refractivity contribution in [2.45, 2.75) is 31.5 Å². The number of anilines is 2. The molecule has 1 aliphatic rings. The van der Waals surface area contributed by atoms with E-state index in [1.54, 1.807) is 0 Å². The van der Waals surface area contributed by atoms with Crippen molar-refractivity contribution in [3.05, 3.63) is 59.2 Å². The molecule has 0 spiro atoms. The molecular weight excluding hydrogens is 427 g/mol. The van der Waals surface area contributed by atoms with Gasteiger partial charge in [0.1, 0.15) is 5.01 Å². The van der Waals surface area contributed by atoms with Gasteiger partial charge in [-0.3, -0.25) is 4.79 Å². The molecule has 0 saturated heterocycles. The number of halogens is 3. The highest BCUT2D eigenvalue weighted by molar-refractivity contribution is 7.18. The predicted octanol–water partition coefficient (Wildman–Crippen LogP) is 4.26. The lowest BCUT2D eigenvalue weighted by atomic mass is 9.93. The monoisotopic (exact) mass is 447 g/mol. The molecule has 1 amide bonds. The lowest BCUT2D eigenvalue weighted by molar-refractivity contribution is -0.137. The molecule has 2 heterocycles. The number of rotatable bonds is 6. The maximum atomic E-state index is 12.7. The Hall–Kier alpha value is -2.98. The molecule has 162 valence electrons. The highest BCUT2D eigenvalue weighted by atomic mass is 32.1. The van der Waals surface area contributed by atoms with Crippen LogP contribution in [0.15, 0.2) is 42.5 Å². The molecule has 4 N–H and O–H groups in total. The van der Waals surface area contributed by atoms with Crippen molar-refractivity contribution in [1.29, 1.82) is 0 Å². The fourth-order valence-electron chi connectivity index (χ4n) is 3.38. The van der Waals surface area contributed by atoms with Gasteiger partial charge < -0.3 is 16.4 Å². The van der Waals surface area contributed by atoms with Crippen LogP contribution in [0.1, 0.15) is 29.5 Å². The number of benzene rings is 2. The van der Waals surface area contributed by atoms with E-state index in [-0.39, 0.29) is 17.9 Å². The van der Waals surface area contributed by atoms with Crippen LogP contribution >= 0.6 is 11.3 Å². The second-order valence-corrected chi connectivity index (χ2v) is 8.44. The van der Waals surface area contributed by atoms with Gasteiger partial charge in [0, 0.05) is 23.8 Å². The first-order valence-electron chi connectivity index (χ1n) is 9.64. The van der Waals surface area contributed by atoms with Gasteiger partial charge in [-0.15, -0.1) is 10.2 Å². The molecule has 31 heavy (non-hydrogen) atoms. The summed E-state index contributed by atoms with van der Waals surface area (Å²) in [6.07, 6.45) is -4.00. The summed E-state index contributed by atoms with van der Waals surface area (Å²) in [6.45, 7) is 2.26. The average Bonchev–Trinajstić information content (AvgIpc) is 3.35. The number of aromatic nitrogens is 2. The average molecular weight is 447 g/mol. The Morgan fingerprint density at radius 3 is 2.65 bits per heavy atom. The van der Waals surface area contributed by atoms with E-state index < -0.39 is 11.7 Å². The van der Waals surface area contributed by atoms with Crippen molar-refractivity contribution in [2.24, 2.45) is 5.73 Å². The molecule has 0 saturated carbocycles. The summed E-state index contributed by atoms with van der Waals surface area (Å²) in [5.74, 6) is -0.174. The number of carbonyl (C=O) groups excluding carboxylic acids is 1. The third-order valence-electron chi connectivity index (χ3n) is 5.30. The topological polar surface area (TPSA) is 92.9 Å². The number of nitrogens with zero attached hydrogens (tertiary/aromatic N) is 2. The summed E-state index contributed by atoms with van der Waals surface area (Å²) in [7, 11) is 0. The molecule has 2 aromatic carbocycles. The molecular formula is C21H20F3N5OS. The van der Waals surface area contributed by atoms with Gasteiger partial charge in [-0.25, -0.2) is 0 Å². The van der Waals surface area contributed by atoms with E-state index in [1.807, 2.05) is 25.1 Å². The number of carbonyl (C=O) groups is 1. The number of hydrogen-bond donors (Lipinski definition) is 3. The zero-order valence-electron chi connectivity index (χ0n) is 16.5. The van der Waals surface area contributed by atoms with Crippen LogP contribution in [0.4, 0.5) is 24.0 Å². The number of alkyl halides is 3. The Kier molecular flexibility index (Phi) is 5.67. The summed E-state index contributed by atoms with van der Waals surface area (Å²) < 4.78 is 38.2. The van der Waals surface area contributed by atoms with Crippen LogP contribution < -0.4 is 16.4 Å². The van der Waals surface area contributed by atoms with Crippen molar-refractivity contribution in [3.8, 4) is 10.6 Å². The molecule has 2 atom stereocenters. The number of hydrogen-bond acceptors (Lipinski definition) is 6. The second-order valence-electron chi connectivity index (χ2n) is 7.46. The summed E-state index contributed by atoms with van der Waals surface area (Å²) in [5.41, 5.74) is 8.93. The molecule has 0 bridgehead atoms. The number of fused-ring (bicyclic) bond motifs is 1. The SMILES string of the molecule is C[C@@H](c1ccc(C(F)(F)F)cc1)[C@H](N)CNc1nnc(-c2ccc3c(c2)CC(=O)N3)s1. The Labute approximate surface area is 180 Å². The molecule has 1 aliphatic heterocycles. The van der Waals surface area contributed by atoms with E-state index in [0.717, 1.165) is 34.5 Å². The molecule has 10 heteroatoms. The lowest BCUT2D eigenvalue weighted by Gasteiger charge is -2.21. The maximum absolute atomic E-state index is 12.7. The van der Waals surface area contributed by atoms with Gasteiger partial charge in [-0.1, -0.05) is 30.4 Å². The van der Waals surface area contributed by atoms with E-state index >= 15 is 0 Å². The predicted molar refractivity (Wildman–Crippen MR) is 114 cm³/mol. The highest BCUT2D eigenvalue weighted by Gasteiger charge is 2.30. The van der Waals surface area contributed by atoms with Crippen molar-refractivity contribution in [1.82, 2.24) is 10.2 Å². The van der Waals surface area contributed by atoms with Crippen LogP contribution in [-0.2, 0) is 17.4 Å². The quantitative estimate of drug-likeness (QED) is 0.525. The van der Waals surface area contributed by atoms with Gasteiger partial charge in [0.15, 0.2) is 0 Å². The van der Waals surface area contributed by atoms with Gasteiger partial charge in [0.05, 0.1) is 12.0 Å².